The second-order valence-electron chi connectivity index (χ2n) is 5.83. The van der Waals surface area contributed by atoms with E-state index in [0.29, 0.717) is 19.4 Å². The molecule has 0 radical (unpaired) electrons. The average molecular weight is 389 g/mol. The third-order valence-corrected chi connectivity index (χ3v) is 4.18. The first kappa shape index (κ1) is 21.7. The fourth-order valence-corrected chi connectivity index (χ4v) is 2.78. The van der Waals surface area contributed by atoms with Crippen molar-refractivity contribution in [3.05, 3.63) is 0 Å². The van der Waals surface area contributed by atoms with E-state index in [-0.39, 0.29) is 12.2 Å². The molecule has 12 heteroatoms. The lowest BCUT2D eigenvalue weighted by Crippen LogP contribution is -2.53. The number of nitrogens with one attached hydrogen (secondary N) is 2. The minimum absolute atomic E-state index is 0.0995. The van der Waals surface area contributed by atoms with Gasteiger partial charge in [0, 0.05) is 12.3 Å². The highest BCUT2D eigenvalue weighted by atomic mass is 32.1. The van der Waals surface area contributed by atoms with Gasteiger partial charge in [-0.25, -0.2) is 4.79 Å². The molecule has 3 unspecified atom stereocenters. The number of likely N-dealkylation sites (tertiary alicyclic amines) is 1. The van der Waals surface area contributed by atoms with Crippen LogP contribution in [0.15, 0.2) is 0 Å². The summed E-state index contributed by atoms with van der Waals surface area (Å²) in [6, 6.07) is -3.11. The van der Waals surface area contributed by atoms with E-state index in [1.807, 2.05) is 0 Å². The Morgan fingerprint density at radius 1 is 1.27 bits per heavy atom. The summed E-state index contributed by atoms with van der Waals surface area (Å²) in [5, 5.41) is 13.4. The third-order valence-electron chi connectivity index (χ3n) is 3.82. The van der Waals surface area contributed by atoms with Crippen molar-refractivity contribution in [2.75, 3.05) is 18.8 Å². The van der Waals surface area contributed by atoms with Crippen molar-refractivity contribution in [1.29, 1.82) is 0 Å². The SMILES string of the molecule is NC(=O)CC(N)C(=O)N1CCCC1C(=O)NCC(=O)NC(CS)C(=O)O. The summed E-state index contributed by atoms with van der Waals surface area (Å²) in [7, 11) is 0. The van der Waals surface area contributed by atoms with Crippen molar-refractivity contribution in [1.82, 2.24) is 15.5 Å². The van der Waals surface area contributed by atoms with Crippen LogP contribution in [0.2, 0.25) is 0 Å². The summed E-state index contributed by atoms with van der Waals surface area (Å²) in [4.78, 5) is 59.2. The first-order valence-electron chi connectivity index (χ1n) is 7.92. The van der Waals surface area contributed by atoms with Gasteiger partial charge in [0.25, 0.3) is 0 Å². The van der Waals surface area contributed by atoms with Gasteiger partial charge in [0.05, 0.1) is 19.0 Å². The van der Waals surface area contributed by atoms with Crippen LogP contribution in [0.5, 0.6) is 0 Å². The zero-order chi connectivity index (χ0) is 19.9. The van der Waals surface area contributed by atoms with E-state index in [1.54, 1.807) is 0 Å². The molecule has 0 aliphatic carbocycles. The number of primary amides is 1. The van der Waals surface area contributed by atoms with Crippen molar-refractivity contribution < 1.29 is 29.1 Å². The number of hydrogen-bond donors (Lipinski definition) is 6. The molecule has 11 nitrogen and oxygen atoms in total. The average Bonchev–Trinajstić information content (AvgIpc) is 3.05. The van der Waals surface area contributed by atoms with Gasteiger partial charge < -0.3 is 32.1 Å². The Morgan fingerprint density at radius 3 is 2.46 bits per heavy atom. The molecule has 1 rings (SSSR count). The lowest BCUT2D eigenvalue weighted by atomic mass is 10.1. The van der Waals surface area contributed by atoms with Crippen LogP contribution in [0.25, 0.3) is 0 Å². The standard InChI is InChI=1S/C14H23N5O6S/c15-7(4-10(16)20)13(23)19-3-1-2-9(19)12(22)17-5-11(21)18-8(6-26)14(24)25/h7-9,26H,1-6,15H2,(H2,16,20)(H,17,22)(H,18,21)(H,24,25). The van der Waals surface area contributed by atoms with E-state index in [1.165, 1.54) is 4.90 Å². The topological polar surface area (TPSA) is 185 Å². The summed E-state index contributed by atoms with van der Waals surface area (Å²) in [5.41, 5.74) is 10.6. The molecule has 1 fully saturated rings. The van der Waals surface area contributed by atoms with E-state index in [4.69, 9.17) is 16.6 Å². The Morgan fingerprint density at radius 2 is 1.92 bits per heavy atom. The van der Waals surface area contributed by atoms with E-state index < -0.39 is 54.3 Å². The molecule has 0 aromatic heterocycles. The number of nitrogens with two attached hydrogens (primary N) is 2. The molecule has 7 N–H and O–H groups in total. The Labute approximate surface area is 155 Å². The molecule has 0 spiro atoms. The van der Waals surface area contributed by atoms with E-state index in [9.17, 15) is 24.0 Å². The van der Waals surface area contributed by atoms with Gasteiger partial charge in [-0.3, -0.25) is 19.2 Å². The van der Waals surface area contributed by atoms with Gasteiger partial charge in [0.15, 0.2) is 0 Å². The van der Waals surface area contributed by atoms with E-state index in [2.05, 4.69) is 23.3 Å². The van der Waals surface area contributed by atoms with Crippen LogP contribution in [0.3, 0.4) is 0 Å². The maximum absolute atomic E-state index is 12.3. The van der Waals surface area contributed by atoms with Crippen molar-refractivity contribution >= 4 is 42.2 Å². The zero-order valence-corrected chi connectivity index (χ0v) is 14.9. The summed E-state index contributed by atoms with van der Waals surface area (Å²) in [6.07, 6.45) is 0.628. The van der Waals surface area contributed by atoms with Gasteiger partial charge in [0.2, 0.25) is 23.6 Å². The van der Waals surface area contributed by atoms with Crippen molar-refractivity contribution in [2.24, 2.45) is 11.5 Å². The van der Waals surface area contributed by atoms with Gasteiger partial charge >= 0.3 is 5.97 Å². The predicted molar refractivity (Wildman–Crippen MR) is 93.0 cm³/mol. The summed E-state index contributed by atoms with van der Waals surface area (Å²) >= 11 is 3.81. The van der Waals surface area contributed by atoms with Gasteiger partial charge in [-0.2, -0.15) is 12.6 Å². The highest BCUT2D eigenvalue weighted by molar-refractivity contribution is 7.80. The molecular weight excluding hydrogens is 366 g/mol. The zero-order valence-electron chi connectivity index (χ0n) is 14.0. The quantitative estimate of drug-likeness (QED) is 0.224. The molecular formula is C14H23N5O6S. The molecule has 4 amide bonds. The van der Waals surface area contributed by atoms with Crippen LogP contribution < -0.4 is 22.1 Å². The van der Waals surface area contributed by atoms with Crippen molar-refractivity contribution in [3.63, 3.8) is 0 Å². The van der Waals surface area contributed by atoms with Crippen LogP contribution in [0.4, 0.5) is 0 Å². The fraction of sp³-hybridized carbons (Fsp3) is 0.643. The second kappa shape index (κ2) is 9.97. The monoisotopic (exact) mass is 389 g/mol. The molecule has 1 aliphatic heterocycles. The molecule has 146 valence electrons. The van der Waals surface area contributed by atoms with Crippen LogP contribution in [0, 0.1) is 0 Å². The number of carbonyl (C=O) groups excluding carboxylic acids is 4. The maximum atomic E-state index is 12.3. The van der Waals surface area contributed by atoms with Crippen LogP contribution in [0.1, 0.15) is 19.3 Å². The van der Waals surface area contributed by atoms with Gasteiger partial charge in [-0.05, 0) is 12.8 Å². The number of hydrogen-bond acceptors (Lipinski definition) is 7. The first-order valence-corrected chi connectivity index (χ1v) is 8.55. The Hall–Kier alpha value is -2.34. The molecule has 0 aromatic carbocycles. The normalized spacial score (nSPS) is 18.7. The number of carboxylic acids is 1. The van der Waals surface area contributed by atoms with Crippen molar-refractivity contribution in [2.45, 2.75) is 37.4 Å². The minimum atomic E-state index is -1.24. The van der Waals surface area contributed by atoms with E-state index in [0.717, 1.165) is 0 Å². The molecule has 1 aliphatic rings. The van der Waals surface area contributed by atoms with Crippen LogP contribution in [-0.2, 0) is 24.0 Å². The van der Waals surface area contributed by atoms with Crippen LogP contribution in [-0.4, -0.2) is 76.6 Å². The van der Waals surface area contributed by atoms with E-state index >= 15 is 0 Å². The number of amides is 4. The molecule has 26 heavy (non-hydrogen) atoms. The van der Waals surface area contributed by atoms with Gasteiger partial charge in [-0.15, -0.1) is 0 Å². The number of nitrogens with zero attached hydrogens (tertiary/aromatic N) is 1. The lowest BCUT2D eigenvalue weighted by molar-refractivity contribution is -0.141. The molecule has 1 heterocycles. The molecule has 0 bridgehead atoms. The fourth-order valence-electron chi connectivity index (χ4n) is 2.54. The Kier molecular flexibility index (Phi) is 8.32. The maximum Gasteiger partial charge on any atom is 0.327 e. The Bertz CT molecular complexity index is 586. The van der Waals surface area contributed by atoms with Gasteiger partial charge in [0.1, 0.15) is 12.1 Å². The number of thiol groups is 1. The molecule has 1 saturated heterocycles. The largest absolute Gasteiger partial charge is 0.480 e. The number of aliphatic carboxylic acids is 1. The highest BCUT2D eigenvalue weighted by Crippen LogP contribution is 2.18. The highest BCUT2D eigenvalue weighted by Gasteiger charge is 2.36. The summed E-state index contributed by atoms with van der Waals surface area (Å²) in [6.45, 7) is -0.140. The minimum Gasteiger partial charge on any atom is -0.480 e. The third kappa shape index (κ3) is 6.19. The summed E-state index contributed by atoms with van der Waals surface area (Å²) in [5.74, 6) is -3.88. The van der Waals surface area contributed by atoms with Gasteiger partial charge in [-0.1, -0.05) is 0 Å². The smallest absolute Gasteiger partial charge is 0.327 e. The first-order chi connectivity index (χ1) is 12.2. The predicted octanol–water partition coefficient (Wildman–Crippen LogP) is -3.20. The van der Waals surface area contributed by atoms with Crippen molar-refractivity contribution in [3.8, 4) is 0 Å². The number of carboxylic acid groups (broad SMARTS) is 1. The number of carbonyl (C=O) groups is 5. The second-order valence-corrected chi connectivity index (χ2v) is 6.19. The van der Waals surface area contributed by atoms with Crippen LogP contribution >= 0.6 is 12.6 Å². The number of rotatable bonds is 9. The lowest BCUT2D eigenvalue weighted by Gasteiger charge is -2.26. The summed E-state index contributed by atoms with van der Waals surface area (Å²) < 4.78 is 0. The molecule has 3 atom stereocenters. The molecule has 0 aromatic rings. The Balaban J connectivity index is 2.57. The molecule has 0 saturated carbocycles.